The van der Waals surface area contributed by atoms with Gasteiger partial charge in [0.15, 0.2) is 0 Å². The number of rotatable bonds is 6. The van der Waals surface area contributed by atoms with Crippen LogP contribution in [0.1, 0.15) is 40.2 Å². The third-order valence-corrected chi connectivity index (χ3v) is 7.03. The minimum absolute atomic E-state index is 0.208. The number of anilines is 3. The molecule has 2 unspecified atom stereocenters. The number of benzene rings is 3. The molecule has 0 radical (unpaired) electrons. The Hall–Kier alpha value is -5.41. The van der Waals surface area contributed by atoms with E-state index in [9.17, 15) is 15.0 Å². The predicted octanol–water partition coefficient (Wildman–Crippen LogP) is 5.09. The van der Waals surface area contributed by atoms with Gasteiger partial charge in [0.25, 0.3) is 5.91 Å². The first-order valence-corrected chi connectivity index (χ1v) is 13.9. The van der Waals surface area contributed by atoms with E-state index in [0.717, 1.165) is 16.9 Å². The molecule has 2 atom stereocenters. The van der Waals surface area contributed by atoms with Gasteiger partial charge >= 0.3 is 0 Å². The van der Waals surface area contributed by atoms with Gasteiger partial charge in [-0.3, -0.25) is 4.79 Å². The van der Waals surface area contributed by atoms with Gasteiger partial charge in [0.05, 0.1) is 24.1 Å². The molecule has 0 saturated carbocycles. The summed E-state index contributed by atoms with van der Waals surface area (Å²) >= 11 is 0. The molecule has 0 fully saturated rings. The molecule has 0 aliphatic carbocycles. The molecular formula is C36H36N4O4. The highest BCUT2D eigenvalue weighted by Crippen LogP contribution is 2.36. The molecule has 2 heterocycles. The van der Waals surface area contributed by atoms with Crippen molar-refractivity contribution < 1.29 is 19.7 Å². The fourth-order valence-electron chi connectivity index (χ4n) is 4.53. The average molecular weight is 589 g/mol. The number of H-pyrrole nitrogens is 1. The average Bonchev–Trinajstić information content (AvgIpc) is 3.63. The Morgan fingerprint density at radius 2 is 1.45 bits per heavy atom. The maximum atomic E-state index is 12.6. The van der Waals surface area contributed by atoms with E-state index in [0.29, 0.717) is 39.4 Å². The van der Waals surface area contributed by atoms with Crippen LogP contribution in [-0.2, 0) is 4.79 Å². The Kier molecular flexibility index (Phi) is 10.2. The number of aliphatic hydroxyl groups excluding tert-OH is 2. The lowest BCUT2D eigenvalue weighted by Gasteiger charge is -2.13. The van der Waals surface area contributed by atoms with Crippen LogP contribution in [0.5, 0.6) is 5.75 Å². The Bertz CT molecular complexity index is 1730. The van der Waals surface area contributed by atoms with E-state index in [4.69, 9.17) is 11.2 Å². The number of terminal acetylenes is 1. The topological polar surface area (TPSA) is 101 Å². The molecule has 1 aliphatic rings. The Morgan fingerprint density at radius 1 is 0.864 bits per heavy atom. The molecule has 1 amide bonds. The van der Waals surface area contributed by atoms with E-state index in [1.807, 2.05) is 105 Å². The molecule has 8 nitrogen and oxygen atoms in total. The van der Waals surface area contributed by atoms with Gasteiger partial charge < -0.3 is 35.1 Å². The lowest BCUT2D eigenvalue weighted by Crippen LogP contribution is -2.08. The number of aromatic nitrogens is 1. The van der Waals surface area contributed by atoms with Crippen LogP contribution in [0, 0.1) is 24.2 Å². The van der Waals surface area contributed by atoms with Crippen LogP contribution in [-0.4, -0.2) is 56.4 Å². The summed E-state index contributed by atoms with van der Waals surface area (Å²) in [6, 6.07) is 22.4. The fraction of sp³-hybridized carbons (Fsp3) is 0.194. The zero-order valence-corrected chi connectivity index (χ0v) is 25.4. The van der Waals surface area contributed by atoms with E-state index in [-0.39, 0.29) is 5.91 Å². The number of fused-ring (bicyclic) bond motifs is 1. The van der Waals surface area contributed by atoms with Crippen molar-refractivity contribution in [2.45, 2.75) is 12.2 Å². The zero-order chi connectivity index (χ0) is 31.8. The van der Waals surface area contributed by atoms with Crippen LogP contribution in [0.2, 0.25) is 0 Å². The lowest BCUT2D eigenvalue weighted by molar-refractivity contribution is -0.110. The zero-order valence-electron chi connectivity index (χ0n) is 25.4. The summed E-state index contributed by atoms with van der Waals surface area (Å²) < 4.78 is 5.33. The van der Waals surface area contributed by atoms with Crippen molar-refractivity contribution in [3.8, 4) is 29.9 Å². The molecule has 1 aliphatic heterocycles. The SMILES string of the molecule is C#CC(O)c1ccc(N(C)C)cc1.COc1cc[nH]c1C=C1C(=O)Nc2cccc(C#CC(O)c3ccc(N(C)C)cc3)c21. The molecule has 1 aromatic heterocycles. The lowest BCUT2D eigenvalue weighted by atomic mass is 9.99. The summed E-state index contributed by atoms with van der Waals surface area (Å²) in [6.45, 7) is 0. The molecule has 4 N–H and O–H groups in total. The first-order chi connectivity index (χ1) is 21.1. The second-order valence-electron chi connectivity index (χ2n) is 10.4. The number of methoxy groups -OCH3 is 1. The van der Waals surface area contributed by atoms with E-state index in [1.165, 1.54) is 0 Å². The molecule has 224 valence electrons. The first-order valence-electron chi connectivity index (χ1n) is 13.9. The molecule has 3 aromatic carbocycles. The van der Waals surface area contributed by atoms with Crippen LogP contribution in [0.15, 0.2) is 79.0 Å². The molecule has 0 bridgehead atoms. The number of nitrogens with zero attached hydrogens (tertiary/aromatic N) is 2. The smallest absolute Gasteiger partial charge is 0.256 e. The standard InChI is InChI=1S/C25H23N3O3.C11H13NO/c1-28(2)18-10-7-16(8-11-18)22(29)12-9-17-5-4-6-20-24(17)19(25(30)27-20)15-21-23(31-3)13-14-26-21;1-4-11(13)9-5-7-10(8-6-9)12(2)3/h4-8,10-11,13-15,22,26,29H,1-3H3,(H,27,30);1,5-8,11,13H,2-3H3. The first kappa shape index (κ1) is 31.5. The van der Waals surface area contributed by atoms with E-state index in [1.54, 1.807) is 25.4 Å². The minimum Gasteiger partial charge on any atom is -0.495 e. The largest absolute Gasteiger partial charge is 0.495 e. The van der Waals surface area contributed by atoms with Gasteiger partial charge in [0.1, 0.15) is 18.0 Å². The Morgan fingerprint density at radius 3 is 2.00 bits per heavy atom. The van der Waals surface area contributed by atoms with Crippen molar-refractivity contribution >= 4 is 34.6 Å². The summed E-state index contributed by atoms with van der Waals surface area (Å²) in [5, 5.41) is 22.7. The minimum atomic E-state index is -0.937. The number of amides is 1. The Labute approximate surface area is 258 Å². The van der Waals surface area contributed by atoms with Crippen LogP contribution in [0.25, 0.3) is 11.6 Å². The van der Waals surface area contributed by atoms with Crippen molar-refractivity contribution in [2.24, 2.45) is 0 Å². The van der Waals surface area contributed by atoms with Gasteiger partial charge in [0.2, 0.25) is 0 Å². The molecule has 5 rings (SSSR count). The van der Waals surface area contributed by atoms with Crippen LogP contribution in [0.4, 0.5) is 17.1 Å². The number of nitrogens with one attached hydrogen (secondary N) is 2. The number of carbonyl (C=O) groups excluding carboxylic acids is 1. The Balaban J connectivity index is 0.000000285. The molecular weight excluding hydrogens is 552 g/mol. The van der Waals surface area contributed by atoms with Crippen molar-refractivity contribution in [3.63, 3.8) is 0 Å². The van der Waals surface area contributed by atoms with Crippen molar-refractivity contribution in [1.82, 2.24) is 4.98 Å². The molecule has 4 aromatic rings. The number of hydrogen-bond acceptors (Lipinski definition) is 6. The number of aromatic amines is 1. The van der Waals surface area contributed by atoms with Crippen molar-refractivity contribution in [2.75, 3.05) is 50.4 Å². The van der Waals surface area contributed by atoms with Gasteiger partial charge in [-0.05, 0) is 59.7 Å². The van der Waals surface area contributed by atoms with Crippen LogP contribution < -0.4 is 19.9 Å². The number of ether oxygens (including phenoxy) is 1. The predicted molar refractivity (Wildman–Crippen MR) is 177 cm³/mol. The number of carbonyl (C=O) groups is 1. The number of aliphatic hydroxyl groups is 2. The van der Waals surface area contributed by atoms with E-state index < -0.39 is 12.2 Å². The highest BCUT2D eigenvalue weighted by molar-refractivity contribution is 6.35. The molecule has 44 heavy (non-hydrogen) atoms. The summed E-state index contributed by atoms with van der Waals surface area (Å²) in [4.78, 5) is 19.7. The van der Waals surface area contributed by atoms with Gasteiger partial charge in [-0.1, -0.05) is 48.1 Å². The van der Waals surface area contributed by atoms with Crippen LogP contribution >= 0.6 is 0 Å². The summed E-state index contributed by atoms with van der Waals surface area (Å²) in [6.07, 6.45) is 6.86. The molecule has 8 heteroatoms. The van der Waals surface area contributed by atoms with Gasteiger partial charge in [0, 0.05) is 56.9 Å². The fourth-order valence-corrected chi connectivity index (χ4v) is 4.53. The monoisotopic (exact) mass is 588 g/mol. The van der Waals surface area contributed by atoms with E-state index in [2.05, 4.69) is 28.1 Å². The summed E-state index contributed by atoms with van der Waals surface area (Å²) in [5.41, 5.74) is 6.87. The maximum absolute atomic E-state index is 12.6. The highest BCUT2D eigenvalue weighted by atomic mass is 16.5. The molecule has 0 saturated heterocycles. The second kappa shape index (κ2) is 14.2. The third-order valence-electron chi connectivity index (χ3n) is 7.03. The van der Waals surface area contributed by atoms with Crippen molar-refractivity contribution in [1.29, 1.82) is 0 Å². The summed E-state index contributed by atoms with van der Waals surface area (Å²) in [5.74, 6) is 8.67. The normalized spacial score (nSPS) is 13.7. The van der Waals surface area contributed by atoms with Crippen LogP contribution in [0.3, 0.4) is 0 Å². The quantitative estimate of drug-likeness (QED) is 0.185. The van der Waals surface area contributed by atoms with Gasteiger partial charge in [-0.2, -0.15) is 0 Å². The highest BCUT2D eigenvalue weighted by Gasteiger charge is 2.27. The maximum Gasteiger partial charge on any atom is 0.256 e. The number of hydrogen-bond donors (Lipinski definition) is 4. The second-order valence-corrected chi connectivity index (χ2v) is 10.4. The van der Waals surface area contributed by atoms with Crippen molar-refractivity contribution in [3.05, 3.63) is 107 Å². The van der Waals surface area contributed by atoms with Gasteiger partial charge in [-0.25, -0.2) is 0 Å². The third kappa shape index (κ3) is 7.32. The molecule has 0 spiro atoms. The van der Waals surface area contributed by atoms with Gasteiger partial charge in [-0.15, -0.1) is 6.42 Å². The van der Waals surface area contributed by atoms with E-state index >= 15 is 0 Å². The summed E-state index contributed by atoms with van der Waals surface area (Å²) in [7, 11) is 9.44.